The van der Waals surface area contributed by atoms with Gasteiger partial charge < -0.3 is 10.0 Å². The van der Waals surface area contributed by atoms with E-state index in [2.05, 4.69) is 4.98 Å². The summed E-state index contributed by atoms with van der Waals surface area (Å²) >= 11 is 0. The van der Waals surface area contributed by atoms with E-state index in [4.69, 9.17) is 0 Å². The summed E-state index contributed by atoms with van der Waals surface area (Å²) in [5, 5.41) is 9.90. The molecule has 1 aliphatic rings. The zero-order chi connectivity index (χ0) is 19.8. The smallest absolute Gasteiger partial charge is 0.391 e. The second kappa shape index (κ2) is 7.12. The summed E-state index contributed by atoms with van der Waals surface area (Å²) in [4.78, 5) is 5.82. The Morgan fingerprint density at radius 2 is 1.85 bits per heavy atom. The Hall–Kier alpha value is -2.13. The molecule has 1 fully saturated rings. The topological polar surface area (TPSA) is 70.5 Å². The van der Waals surface area contributed by atoms with E-state index in [1.807, 2.05) is 0 Å². The van der Waals surface area contributed by atoms with Crippen LogP contribution in [0.5, 0.6) is 0 Å². The van der Waals surface area contributed by atoms with E-state index in [1.54, 1.807) is 4.90 Å². The van der Waals surface area contributed by atoms with Crippen LogP contribution < -0.4 is 4.90 Å². The number of β-amino-alcohol motifs (C(OH)–C–C–N with tert-alkyl or cyclic N) is 1. The predicted octanol–water partition coefficient (Wildman–Crippen LogP) is 3.13. The number of halogens is 3. The first-order valence-electron chi connectivity index (χ1n) is 8.37. The minimum Gasteiger partial charge on any atom is -0.391 e. The fourth-order valence-corrected chi connectivity index (χ4v) is 3.86. The number of benzene rings is 1. The van der Waals surface area contributed by atoms with Crippen LogP contribution in [0.4, 0.5) is 19.0 Å². The van der Waals surface area contributed by atoms with E-state index in [0.717, 1.165) is 18.5 Å². The zero-order valence-corrected chi connectivity index (χ0v) is 15.4. The first kappa shape index (κ1) is 19.6. The van der Waals surface area contributed by atoms with Crippen LogP contribution in [0, 0.1) is 0 Å². The van der Waals surface area contributed by atoms with Gasteiger partial charge in [-0.15, -0.1) is 0 Å². The number of rotatable bonds is 3. The minimum absolute atomic E-state index is 0.0265. The molecule has 2 heterocycles. The average molecular weight is 400 g/mol. The van der Waals surface area contributed by atoms with Gasteiger partial charge in [-0.1, -0.05) is 12.1 Å². The lowest BCUT2D eigenvalue weighted by atomic mass is 9.98. The summed E-state index contributed by atoms with van der Waals surface area (Å²) < 4.78 is 64.2. The van der Waals surface area contributed by atoms with Gasteiger partial charge in [0, 0.05) is 31.1 Å². The molecule has 3 rings (SSSR count). The molecule has 1 unspecified atom stereocenters. The molecule has 5 nitrogen and oxygen atoms in total. The molecule has 2 aromatic rings. The highest BCUT2D eigenvalue weighted by Gasteiger charge is 2.36. The third-order valence-electron chi connectivity index (χ3n) is 4.50. The fourth-order valence-electron chi connectivity index (χ4n) is 3.23. The maximum absolute atomic E-state index is 13.6. The Morgan fingerprint density at radius 3 is 2.41 bits per heavy atom. The van der Waals surface area contributed by atoms with E-state index in [1.165, 1.54) is 24.3 Å². The van der Waals surface area contributed by atoms with Crippen LogP contribution in [0.3, 0.4) is 0 Å². The molecule has 1 aliphatic heterocycles. The largest absolute Gasteiger partial charge is 0.417 e. The number of piperidine rings is 1. The van der Waals surface area contributed by atoms with Gasteiger partial charge in [0.2, 0.25) is 0 Å². The molecule has 0 spiro atoms. The number of pyridine rings is 1. The lowest BCUT2D eigenvalue weighted by molar-refractivity contribution is -0.137. The quantitative estimate of drug-likeness (QED) is 0.857. The molecule has 0 bridgehead atoms. The van der Waals surface area contributed by atoms with Gasteiger partial charge in [-0.3, -0.25) is 0 Å². The van der Waals surface area contributed by atoms with Crippen molar-refractivity contribution >= 4 is 15.7 Å². The molecule has 0 amide bonds. The van der Waals surface area contributed by atoms with Gasteiger partial charge in [-0.05, 0) is 36.6 Å². The SMILES string of the molecule is CS(=O)(=O)c1ccc(-c2c(C(F)(F)F)ccnc2N2CCCC(O)C2)cc1. The second-order valence-electron chi connectivity index (χ2n) is 6.59. The summed E-state index contributed by atoms with van der Waals surface area (Å²) in [6, 6.07) is 6.18. The number of nitrogens with zero attached hydrogens (tertiary/aromatic N) is 2. The van der Waals surface area contributed by atoms with Crippen LogP contribution in [-0.2, 0) is 16.0 Å². The fraction of sp³-hybridized carbons (Fsp3) is 0.389. The number of aliphatic hydroxyl groups excluding tert-OH is 1. The molecule has 1 saturated heterocycles. The van der Waals surface area contributed by atoms with Crippen molar-refractivity contribution in [2.75, 3.05) is 24.2 Å². The number of hydrogen-bond donors (Lipinski definition) is 1. The maximum atomic E-state index is 13.6. The molecule has 27 heavy (non-hydrogen) atoms. The van der Waals surface area contributed by atoms with Crippen LogP contribution in [-0.4, -0.2) is 44.0 Å². The lowest BCUT2D eigenvalue weighted by Gasteiger charge is -2.33. The monoisotopic (exact) mass is 400 g/mol. The predicted molar refractivity (Wildman–Crippen MR) is 95.2 cm³/mol. The van der Waals surface area contributed by atoms with Gasteiger partial charge >= 0.3 is 6.18 Å². The van der Waals surface area contributed by atoms with Crippen molar-refractivity contribution in [3.63, 3.8) is 0 Å². The third kappa shape index (κ3) is 4.24. The number of alkyl halides is 3. The number of aromatic nitrogens is 1. The van der Waals surface area contributed by atoms with Gasteiger partial charge in [0.1, 0.15) is 5.82 Å². The van der Waals surface area contributed by atoms with Crippen molar-refractivity contribution in [3.05, 3.63) is 42.1 Å². The first-order chi connectivity index (χ1) is 12.6. The molecule has 146 valence electrons. The van der Waals surface area contributed by atoms with Gasteiger partial charge in [0.05, 0.1) is 16.6 Å². The Kier molecular flexibility index (Phi) is 5.18. The van der Waals surface area contributed by atoms with Gasteiger partial charge in [-0.2, -0.15) is 13.2 Å². The van der Waals surface area contributed by atoms with Crippen molar-refractivity contribution in [3.8, 4) is 11.1 Å². The summed E-state index contributed by atoms with van der Waals surface area (Å²) in [7, 11) is -3.46. The van der Waals surface area contributed by atoms with Crippen molar-refractivity contribution in [2.24, 2.45) is 0 Å². The van der Waals surface area contributed by atoms with Crippen LogP contribution in [0.25, 0.3) is 11.1 Å². The Morgan fingerprint density at radius 1 is 1.19 bits per heavy atom. The molecule has 9 heteroatoms. The highest BCUT2D eigenvalue weighted by molar-refractivity contribution is 7.90. The number of aliphatic hydroxyl groups is 1. The summed E-state index contributed by atoms with van der Waals surface area (Å²) in [6.45, 7) is 0.683. The Balaban J connectivity index is 2.16. The van der Waals surface area contributed by atoms with E-state index in [-0.39, 0.29) is 28.4 Å². The second-order valence-corrected chi connectivity index (χ2v) is 8.61. The van der Waals surface area contributed by atoms with Crippen LogP contribution in [0.1, 0.15) is 18.4 Å². The Labute approximate surface area is 155 Å². The number of sulfone groups is 1. The van der Waals surface area contributed by atoms with Gasteiger partial charge in [-0.25, -0.2) is 13.4 Å². The van der Waals surface area contributed by atoms with E-state index in [9.17, 15) is 26.7 Å². The van der Waals surface area contributed by atoms with Crippen molar-refractivity contribution in [1.82, 2.24) is 4.98 Å². The summed E-state index contributed by atoms with van der Waals surface area (Å²) in [5.74, 6) is 0.135. The summed E-state index contributed by atoms with van der Waals surface area (Å²) in [6.07, 6.45) is -1.85. The maximum Gasteiger partial charge on any atom is 0.417 e. The number of anilines is 1. The van der Waals surface area contributed by atoms with Crippen LogP contribution in [0.15, 0.2) is 41.4 Å². The molecule has 1 atom stereocenters. The van der Waals surface area contributed by atoms with Crippen LogP contribution >= 0.6 is 0 Å². The molecule has 1 aromatic heterocycles. The van der Waals surface area contributed by atoms with Gasteiger partial charge in [0.15, 0.2) is 9.84 Å². The van der Waals surface area contributed by atoms with Crippen molar-refractivity contribution in [2.45, 2.75) is 30.0 Å². The highest BCUT2D eigenvalue weighted by Crippen LogP contribution is 2.42. The standard InChI is InChI=1S/C18H19F3N2O3S/c1-27(25,26)14-6-4-12(5-7-14)16-15(18(19,20)21)8-9-22-17(16)23-10-2-3-13(24)11-23/h4-9,13,24H,2-3,10-11H2,1H3. The Bertz CT molecular complexity index is 928. The van der Waals surface area contributed by atoms with E-state index < -0.39 is 27.7 Å². The van der Waals surface area contributed by atoms with Crippen LogP contribution in [0.2, 0.25) is 0 Å². The zero-order valence-electron chi connectivity index (χ0n) is 14.6. The molecular weight excluding hydrogens is 381 g/mol. The molecule has 0 aliphatic carbocycles. The lowest BCUT2D eigenvalue weighted by Crippen LogP contribution is -2.39. The van der Waals surface area contributed by atoms with E-state index in [0.29, 0.717) is 19.4 Å². The molecular formula is C18H19F3N2O3S. The third-order valence-corrected chi connectivity index (χ3v) is 5.63. The van der Waals surface area contributed by atoms with Crippen molar-refractivity contribution in [1.29, 1.82) is 0 Å². The molecule has 0 saturated carbocycles. The molecule has 1 N–H and O–H groups in total. The molecule has 0 radical (unpaired) electrons. The number of hydrogen-bond acceptors (Lipinski definition) is 5. The summed E-state index contributed by atoms with van der Waals surface area (Å²) in [5.41, 5.74) is -0.739. The molecule has 1 aromatic carbocycles. The van der Waals surface area contributed by atoms with Crippen molar-refractivity contribution < 1.29 is 26.7 Å². The van der Waals surface area contributed by atoms with E-state index >= 15 is 0 Å². The van der Waals surface area contributed by atoms with Gasteiger partial charge in [0.25, 0.3) is 0 Å². The minimum atomic E-state index is -4.60. The highest BCUT2D eigenvalue weighted by atomic mass is 32.2. The average Bonchev–Trinajstić information content (AvgIpc) is 2.60. The normalized spacial score (nSPS) is 18.6. The first-order valence-corrected chi connectivity index (χ1v) is 10.3.